The number of hydrogen-bond acceptors (Lipinski definition) is 5. The highest BCUT2D eigenvalue weighted by Crippen LogP contribution is 2.26. The van der Waals surface area contributed by atoms with E-state index in [0.29, 0.717) is 17.1 Å². The number of benzene rings is 1. The number of halogens is 1. The average Bonchev–Trinajstić information content (AvgIpc) is 3.11. The molecule has 0 spiro atoms. The van der Waals surface area contributed by atoms with Crippen molar-refractivity contribution < 1.29 is 19.1 Å². The maximum Gasteiger partial charge on any atom is 0.337 e. The van der Waals surface area contributed by atoms with E-state index in [1.807, 2.05) is 0 Å². The van der Waals surface area contributed by atoms with Gasteiger partial charge in [-0.25, -0.2) is 10.2 Å². The Hall–Kier alpha value is -3.45. The molecule has 0 aliphatic carbocycles. The van der Waals surface area contributed by atoms with Crippen molar-refractivity contribution in [2.45, 2.75) is 0 Å². The van der Waals surface area contributed by atoms with Crippen LogP contribution in [0.2, 0.25) is 5.02 Å². The van der Waals surface area contributed by atoms with Gasteiger partial charge in [0.1, 0.15) is 17.2 Å². The van der Waals surface area contributed by atoms with Crippen molar-refractivity contribution in [2.75, 3.05) is 0 Å². The zero-order valence-corrected chi connectivity index (χ0v) is 14.0. The summed E-state index contributed by atoms with van der Waals surface area (Å²) >= 11 is 5.85. The average molecular weight is 370 g/mol. The summed E-state index contributed by atoms with van der Waals surface area (Å²) in [7, 11) is 0. The molecule has 7 nitrogen and oxygen atoms in total. The minimum atomic E-state index is -1.12. The standard InChI is InChI=1S/C18H12ClN3O4/c19-14-6-4-11(9-13(14)18(24)25)16-7-5-12(26-16)10-21-22-17(23)15-3-1-2-8-20-15/h1-10H,(H,22,23)(H,24,25)/b21-10-. The van der Waals surface area contributed by atoms with E-state index in [1.54, 1.807) is 36.4 Å². The maximum atomic E-state index is 11.8. The number of carbonyl (C=O) groups excluding carboxylic acids is 1. The van der Waals surface area contributed by atoms with Gasteiger partial charge in [0, 0.05) is 11.8 Å². The van der Waals surface area contributed by atoms with Crippen LogP contribution in [-0.2, 0) is 0 Å². The van der Waals surface area contributed by atoms with Gasteiger partial charge in [0.05, 0.1) is 16.8 Å². The summed E-state index contributed by atoms with van der Waals surface area (Å²) in [4.78, 5) is 26.9. The number of amides is 1. The SMILES string of the molecule is O=C(N/N=C\c1ccc(-c2ccc(Cl)c(C(=O)O)c2)o1)c1ccccn1. The Morgan fingerprint density at radius 3 is 2.77 bits per heavy atom. The first-order valence-corrected chi connectivity index (χ1v) is 7.80. The monoisotopic (exact) mass is 369 g/mol. The number of aromatic carboxylic acids is 1. The lowest BCUT2D eigenvalue weighted by Crippen LogP contribution is -2.18. The van der Waals surface area contributed by atoms with Crippen molar-refractivity contribution in [2.24, 2.45) is 5.10 Å². The molecule has 0 aliphatic heterocycles. The molecule has 3 rings (SSSR count). The van der Waals surface area contributed by atoms with E-state index in [9.17, 15) is 9.59 Å². The molecule has 26 heavy (non-hydrogen) atoms. The Balaban J connectivity index is 1.71. The quantitative estimate of drug-likeness (QED) is 0.529. The lowest BCUT2D eigenvalue weighted by Gasteiger charge is -2.01. The molecular formula is C18H12ClN3O4. The van der Waals surface area contributed by atoms with Crippen LogP contribution in [0.1, 0.15) is 26.6 Å². The van der Waals surface area contributed by atoms with Gasteiger partial charge >= 0.3 is 5.97 Å². The Morgan fingerprint density at radius 1 is 1.19 bits per heavy atom. The number of carboxylic acids is 1. The van der Waals surface area contributed by atoms with Crippen LogP contribution in [-0.4, -0.2) is 28.2 Å². The summed E-state index contributed by atoms with van der Waals surface area (Å²) in [5, 5.41) is 13.1. The van der Waals surface area contributed by atoms with Crippen LogP contribution in [0.3, 0.4) is 0 Å². The third kappa shape index (κ3) is 3.96. The molecule has 0 fully saturated rings. The number of nitrogens with one attached hydrogen (secondary N) is 1. The smallest absolute Gasteiger partial charge is 0.337 e. The number of hydrogen-bond donors (Lipinski definition) is 2. The Kier molecular flexibility index (Phi) is 5.09. The molecule has 0 saturated carbocycles. The van der Waals surface area contributed by atoms with Crippen LogP contribution in [0.4, 0.5) is 0 Å². The number of hydrazone groups is 1. The second-order valence-corrected chi connectivity index (χ2v) is 5.52. The number of carbonyl (C=O) groups is 2. The van der Waals surface area contributed by atoms with Crippen LogP contribution >= 0.6 is 11.6 Å². The molecule has 3 aromatic rings. The van der Waals surface area contributed by atoms with Crippen LogP contribution < -0.4 is 5.43 Å². The molecule has 0 unspecified atom stereocenters. The van der Waals surface area contributed by atoms with Gasteiger partial charge in [0.2, 0.25) is 0 Å². The van der Waals surface area contributed by atoms with Gasteiger partial charge in [-0.05, 0) is 42.5 Å². The van der Waals surface area contributed by atoms with E-state index < -0.39 is 11.9 Å². The van der Waals surface area contributed by atoms with Crippen LogP contribution in [0, 0.1) is 0 Å². The summed E-state index contributed by atoms with van der Waals surface area (Å²) in [6.07, 6.45) is 2.84. The van der Waals surface area contributed by atoms with Gasteiger partial charge in [-0.15, -0.1) is 0 Å². The molecule has 0 atom stereocenters. The number of pyridine rings is 1. The lowest BCUT2D eigenvalue weighted by molar-refractivity contribution is 0.0697. The summed E-state index contributed by atoms with van der Waals surface area (Å²) in [5.74, 6) is -0.741. The van der Waals surface area contributed by atoms with Crippen molar-refractivity contribution in [1.29, 1.82) is 0 Å². The van der Waals surface area contributed by atoms with E-state index in [-0.39, 0.29) is 16.3 Å². The minimum Gasteiger partial charge on any atom is -0.478 e. The minimum absolute atomic E-state index is 0.0154. The molecule has 0 saturated heterocycles. The van der Waals surface area contributed by atoms with Crippen molar-refractivity contribution in [1.82, 2.24) is 10.4 Å². The summed E-state index contributed by atoms with van der Waals surface area (Å²) in [5.41, 5.74) is 3.13. The number of furan rings is 1. The van der Waals surface area contributed by atoms with Crippen molar-refractivity contribution in [3.05, 3.63) is 76.8 Å². The van der Waals surface area contributed by atoms with Crippen molar-refractivity contribution in [3.8, 4) is 11.3 Å². The molecule has 0 radical (unpaired) electrons. The summed E-state index contributed by atoms with van der Waals surface area (Å²) in [6, 6.07) is 12.8. The number of aromatic nitrogens is 1. The van der Waals surface area contributed by atoms with Crippen molar-refractivity contribution >= 4 is 29.7 Å². The first-order chi connectivity index (χ1) is 12.5. The highest BCUT2D eigenvalue weighted by atomic mass is 35.5. The predicted molar refractivity (Wildman–Crippen MR) is 95.4 cm³/mol. The molecule has 2 N–H and O–H groups in total. The van der Waals surface area contributed by atoms with Gasteiger partial charge < -0.3 is 9.52 Å². The van der Waals surface area contributed by atoms with E-state index in [4.69, 9.17) is 21.1 Å². The van der Waals surface area contributed by atoms with Crippen LogP contribution in [0.15, 0.2) is 64.2 Å². The molecule has 8 heteroatoms. The van der Waals surface area contributed by atoms with Gasteiger partial charge in [-0.1, -0.05) is 17.7 Å². The molecular weight excluding hydrogens is 358 g/mol. The van der Waals surface area contributed by atoms with Gasteiger partial charge in [0.15, 0.2) is 0 Å². The number of carboxylic acid groups (broad SMARTS) is 1. The van der Waals surface area contributed by atoms with Crippen LogP contribution in [0.5, 0.6) is 0 Å². The molecule has 1 aromatic carbocycles. The highest BCUT2D eigenvalue weighted by molar-refractivity contribution is 6.33. The zero-order chi connectivity index (χ0) is 18.5. The maximum absolute atomic E-state index is 11.8. The topological polar surface area (TPSA) is 105 Å². The highest BCUT2D eigenvalue weighted by Gasteiger charge is 2.12. The predicted octanol–water partition coefficient (Wildman–Crippen LogP) is 3.46. The third-order valence-corrected chi connectivity index (χ3v) is 3.69. The normalized spacial score (nSPS) is 10.8. The Morgan fingerprint density at radius 2 is 2.04 bits per heavy atom. The van der Waals surface area contributed by atoms with E-state index in [1.165, 1.54) is 24.5 Å². The van der Waals surface area contributed by atoms with E-state index in [0.717, 1.165) is 0 Å². The fraction of sp³-hybridized carbons (Fsp3) is 0. The number of rotatable bonds is 5. The molecule has 0 aliphatic rings. The molecule has 0 bridgehead atoms. The van der Waals surface area contributed by atoms with Crippen LogP contribution in [0.25, 0.3) is 11.3 Å². The van der Waals surface area contributed by atoms with E-state index in [2.05, 4.69) is 15.5 Å². The second kappa shape index (κ2) is 7.62. The zero-order valence-electron chi connectivity index (χ0n) is 13.2. The fourth-order valence-corrected chi connectivity index (χ4v) is 2.33. The molecule has 2 heterocycles. The van der Waals surface area contributed by atoms with Gasteiger partial charge in [-0.2, -0.15) is 5.10 Å². The summed E-state index contributed by atoms with van der Waals surface area (Å²) < 4.78 is 5.58. The molecule has 1 amide bonds. The Bertz CT molecular complexity index is 983. The largest absolute Gasteiger partial charge is 0.478 e. The third-order valence-electron chi connectivity index (χ3n) is 3.36. The first kappa shape index (κ1) is 17.4. The second-order valence-electron chi connectivity index (χ2n) is 5.12. The Labute approximate surface area is 152 Å². The van der Waals surface area contributed by atoms with Gasteiger partial charge in [-0.3, -0.25) is 9.78 Å². The van der Waals surface area contributed by atoms with Crippen molar-refractivity contribution in [3.63, 3.8) is 0 Å². The fourth-order valence-electron chi connectivity index (χ4n) is 2.13. The summed E-state index contributed by atoms with van der Waals surface area (Å²) in [6.45, 7) is 0. The van der Waals surface area contributed by atoms with Gasteiger partial charge in [0.25, 0.3) is 5.91 Å². The lowest BCUT2D eigenvalue weighted by atomic mass is 10.1. The number of nitrogens with zero attached hydrogens (tertiary/aromatic N) is 2. The first-order valence-electron chi connectivity index (χ1n) is 7.42. The molecule has 130 valence electrons. The molecule has 2 aromatic heterocycles. The van der Waals surface area contributed by atoms with E-state index >= 15 is 0 Å².